The lowest BCUT2D eigenvalue weighted by Gasteiger charge is -2.34. The third-order valence-electron chi connectivity index (χ3n) is 3.49. The molecule has 0 N–H and O–H groups in total. The quantitative estimate of drug-likeness (QED) is 0.552. The molecule has 0 aliphatic carbocycles. The minimum atomic E-state index is -0.248. The summed E-state index contributed by atoms with van der Waals surface area (Å²) < 4.78 is 0. The number of carbonyl (C=O) groups is 2. The monoisotopic (exact) mass is 278 g/mol. The first-order valence-electron chi connectivity index (χ1n) is 6.94. The molecular weight excluding hydrogens is 256 g/mol. The van der Waals surface area contributed by atoms with E-state index < -0.39 is 0 Å². The third-order valence-corrected chi connectivity index (χ3v) is 3.49. The number of carbonyl (C=O) groups excluding carboxylic acids is 2. The van der Waals surface area contributed by atoms with Crippen LogP contribution in [0.25, 0.3) is 0 Å². The number of piperazine rings is 1. The third kappa shape index (κ3) is 3.98. The van der Waals surface area contributed by atoms with Crippen LogP contribution in [0.4, 0.5) is 0 Å². The van der Waals surface area contributed by atoms with Gasteiger partial charge in [-0.05, 0) is 13.8 Å². The molecule has 0 radical (unpaired) electrons. The molecule has 0 aromatic rings. The highest BCUT2D eigenvalue weighted by Crippen LogP contribution is 2.08. The zero-order valence-corrected chi connectivity index (χ0v) is 12.4. The van der Waals surface area contributed by atoms with E-state index in [4.69, 9.17) is 5.26 Å². The molecule has 110 valence electrons. The van der Waals surface area contributed by atoms with E-state index >= 15 is 0 Å². The van der Waals surface area contributed by atoms with Gasteiger partial charge in [-0.25, -0.2) is 0 Å². The van der Waals surface area contributed by atoms with E-state index in [0.29, 0.717) is 26.2 Å². The molecule has 6 heteroatoms. The van der Waals surface area contributed by atoms with E-state index in [-0.39, 0.29) is 17.4 Å². The lowest BCUT2D eigenvalue weighted by atomic mass is 10.2. The van der Waals surface area contributed by atoms with Crippen molar-refractivity contribution in [1.29, 1.82) is 5.26 Å². The molecule has 1 rings (SSSR count). The van der Waals surface area contributed by atoms with Gasteiger partial charge in [-0.2, -0.15) is 5.26 Å². The first kappa shape index (κ1) is 16.0. The van der Waals surface area contributed by atoms with Gasteiger partial charge >= 0.3 is 0 Å². The Bertz CT molecular complexity index is 427. The second kappa shape index (κ2) is 7.53. The van der Waals surface area contributed by atoms with Gasteiger partial charge in [0, 0.05) is 52.4 Å². The molecule has 0 unspecified atom stereocenters. The second-order valence-electron chi connectivity index (χ2n) is 4.67. The van der Waals surface area contributed by atoms with Gasteiger partial charge < -0.3 is 14.7 Å². The highest BCUT2D eigenvalue weighted by atomic mass is 16.2. The molecule has 0 saturated carbocycles. The highest BCUT2D eigenvalue weighted by molar-refractivity contribution is 5.97. The van der Waals surface area contributed by atoms with Gasteiger partial charge in [0.1, 0.15) is 11.6 Å². The molecule has 0 aromatic carbocycles. The van der Waals surface area contributed by atoms with Crippen molar-refractivity contribution in [3.05, 3.63) is 11.8 Å². The van der Waals surface area contributed by atoms with Crippen molar-refractivity contribution in [2.24, 2.45) is 0 Å². The summed E-state index contributed by atoms with van der Waals surface area (Å²) in [4.78, 5) is 28.8. The Kier molecular flexibility index (Phi) is 6.04. The fourth-order valence-corrected chi connectivity index (χ4v) is 2.12. The first-order chi connectivity index (χ1) is 9.53. The smallest absolute Gasteiger partial charge is 0.266 e. The number of hydrogen-bond donors (Lipinski definition) is 0. The van der Waals surface area contributed by atoms with Crippen molar-refractivity contribution in [1.82, 2.24) is 14.7 Å². The molecule has 0 bridgehead atoms. The summed E-state index contributed by atoms with van der Waals surface area (Å²) >= 11 is 0. The maximum Gasteiger partial charge on any atom is 0.266 e. The molecule has 0 atom stereocenters. The summed E-state index contributed by atoms with van der Waals surface area (Å²) in [6.45, 7) is 9.02. The second-order valence-corrected chi connectivity index (χ2v) is 4.67. The lowest BCUT2D eigenvalue weighted by Crippen LogP contribution is -2.50. The summed E-state index contributed by atoms with van der Waals surface area (Å²) in [6.07, 6.45) is 1.62. The van der Waals surface area contributed by atoms with Crippen LogP contribution in [0.15, 0.2) is 11.8 Å². The molecule has 0 spiro atoms. The van der Waals surface area contributed by atoms with Gasteiger partial charge in [0.2, 0.25) is 5.91 Å². The summed E-state index contributed by atoms with van der Waals surface area (Å²) in [5.41, 5.74) is 0.157. The molecule has 1 aliphatic rings. The number of nitrogens with zero attached hydrogens (tertiary/aromatic N) is 4. The lowest BCUT2D eigenvalue weighted by molar-refractivity contribution is -0.136. The summed E-state index contributed by atoms with van der Waals surface area (Å²) in [7, 11) is 0. The van der Waals surface area contributed by atoms with Gasteiger partial charge in [-0.1, -0.05) is 0 Å². The number of rotatable bonds is 4. The van der Waals surface area contributed by atoms with Crippen LogP contribution in [0, 0.1) is 11.3 Å². The van der Waals surface area contributed by atoms with Crippen molar-refractivity contribution < 1.29 is 9.59 Å². The molecule has 1 fully saturated rings. The molecule has 2 amide bonds. The predicted molar refractivity (Wildman–Crippen MR) is 75.5 cm³/mol. The Morgan fingerprint density at radius 1 is 1.15 bits per heavy atom. The van der Waals surface area contributed by atoms with E-state index in [2.05, 4.69) is 0 Å². The van der Waals surface area contributed by atoms with Gasteiger partial charge in [0.05, 0.1) is 0 Å². The Labute approximate surface area is 120 Å². The van der Waals surface area contributed by atoms with Crippen LogP contribution in [0.1, 0.15) is 20.8 Å². The standard InChI is InChI=1S/C14H22N4O2/c1-4-16(5-2)11-13(10-15)14(20)18-8-6-17(7-9-18)12(3)19/h11H,4-9H2,1-3H3/b13-11-. The largest absolute Gasteiger partial charge is 0.377 e. The molecule has 1 aliphatic heterocycles. The molecule has 20 heavy (non-hydrogen) atoms. The van der Waals surface area contributed by atoms with Crippen LogP contribution < -0.4 is 0 Å². The zero-order valence-electron chi connectivity index (χ0n) is 12.4. The van der Waals surface area contributed by atoms with Crippen LogP contribution in [-0.2, 0) is 9.59 Å². The van der Waals surface area contributed by atoms with Crippen molar-refractivity contribution in [3.63, 3.8) is 0 Å². The molecule has 6 nitrogen and oxygen atoms in total. The maximum absolute atomic E-state index is 12.3. The maximum atomic E-state index is 12.3. The summed E-state index contributed by atoms with van der Waals surface area (Å²) in [5.74, 6) is -0.223. The topological polar surface area (TPSA) is 67.7 Å². The van der Waals surface area contributed by atoms with Gasteiger partial charge in [-0.3, -0.25) is 9.59 Å². The minimum absolute atomic E-state index is 0.0243. The zero-order chi connectivity index (χ0) is 15.1. The van der Waals surface area contributed by atoms with Crippen LogP contribution in [0.2, 0.25) is 0 Å². The fourth-order valence-electron chi connectivity index (χ4n) is 2.12. The van der Waals surface area contributed by atoms with Gasteiger partial charge in [0.15, 0.2) is 0 Å². The Hall–Kier alpha value is -2.03. The van der Waals surface area contributed by atoms with Crippen LogP contribution in [-0.4, -0.2) is 65.8 Å². The molecule has 1 heterocycles. The minimum Gasteiger partial charge on any atom is -0.377 e. The fraction of sp³-hybridized carbons (Fsp3) is 0.643. The van der Waals surface area contributed by atoms with Crippen molar-refractivity contribution in [2.45, 2.75) is 20.8 Å². The SMILES string of the molecule is CCN(/C=C(/C#N)C(=O)N1CCN(C(C)=O)CC1)CC. The van der Waals surface area contributed by atoms with Gasteiger partial charge in [0.25, 0.3) is 5.91 Å². The Morgan fingerprint density at radius 3 is 2.05 bits per heavy atom. The number of amides is 2. The molecule has 1 saturated heterocycles. The number of hydrogen-bond acceptors (Lipinski definition) is 4. The average molecular weight is 278 g/mol. The number of nitriles is 1. The van der Waals surface area contributed by atoms with E-state index in [1.807, 2.05) is 24.8 Å². The summed E-state index contributed by atoms with van der Waals surface area (Å²) in [6, 6.07) is 1.98. The van der Waals surface area contributed by atoms with E-state index in [1.165, 1.54) is 6.92 Å². The summed E-state index contributed by atoms with van der Waals surface area (Å²) in [5, 5.41) is 9.15. The molecular formula is C14H22N4O2. The van der Waals surface area contributed by atoms with Gasteiger partial charge in [-0.15, -0.1) is 0 Å². The van der Waals surface area contributed by atoms with E-state index in [0.717, 1.165) is 13.1 Å². The van der Waals surface area contributed by atoms with Crippen molar-refractivity contribution in [3.8, 4) is 6.07 Å². The van der Waals surface area contributed by atoms with Crippen LogP contribution in [0.5, 0.6) is 0 Å². The Morgan fingerprint density at radius 2 is 1.65 bits per heavy atom. The molecule has 0 aromatic heterocycles. The normalized spacial score (nSPS) is 15.8. The van der Waals surface area contributed by atoms with Crippen molar-refractivity contribution in [2.75, 3.05) is 39.3 Å². The van der Waals surface area contributed by atoms with Crippen molar-refractivity contribution >= 4 is 11.8 Å². The average Bonchev–Trinajstić information content (AvgIpc) is 2.48. The van der Waals surface area contributed by atoms with Crippen LogP contribution in [0.3, 0.4) is 0 Å². The first-order valence-corrected chi connectivity index (χ1v) is 6.94. The van der Waals surface area contributed by atoms with Crippen LogP contribution >= 0.6 is 0 Å². The Balaban J connectivity index is 2.70. The predicted octanol–water partition coefficient (Wildman–Crippen LogP) is 0.426. The highest BCUT2D eigenvalue weighted by Gasteiger charge is 2.24. The van der Waals surface area contributed by atoms with E-state index in [1.54, 1.807) is 16.0 Å². The van der Waals surface area contributed by atoms with E-state index in [9.17, 15) is 9.59 Å².